The van der Waals surface area contributed by atoms with E-state index in [0.29, 0.717) is 5.76 Å². The SMILES string of the molecule is O=C(Nc1cccc(N2CCOCC2)c1)c1cc(-c2ccccc2)on1. The summed E-state index contributed by atoms with van der Waals surface area (Å²) < 4.78 is 10.7. The Morgan fingerprint density at radius 3 is 2.62 bits per heavy atom. The Kier molecular flexibility index (Phi) is 4.66. The molecule has 0 radical (unpaired) electrons. The number of morpholine rings is 1. The molecule has 0 bridgehead atoms. The van der Waals surface area contributed by atoms with E-state index in [0.717, 1.165) is 43.2 Å². The summed E-state index contributed by atoms with van der Waals surface area (Å²) in [7, 11) is 0. The lowest BCUT2D eigenvalue weighted by Crippen LogP contribution is -2.36. The molecule has 3 aromatic rings. The van der Waals surface area contributed by atoms with E-state index in [9.17, 15) is 4.79 Å². The van der Waals surface area contributed by atoms with Gasteiger partial charge in [-0.15, -0.1) is 0 Å². The van der Waals surface area contributed by atoms with Gasteiger partial charge in [0.25, 0.3) is 5.91 Å². The Labute approximate surface area is 151 Å². The first kappa shape index (κ1) is 16.4. The number of nitrogens with zero attached hydrogens (tertiary/aromatic N) is 2. The molecular formula is C20H19N3O3. The fourth-order valence-electron chi connectivity index (χ4n) is 2.92. The standard InChI is InChI=1S/C20H19N3O3/c24-20(18-14-19(26-22-18)15-5-2-1-3-6-15)21-16-7-4-8-17(13-16)23-9-11-25-12-10-23/h1-8,13-14H,9-12H2,(H,21,24). The molecule has 1 amide bonds. The van der Waals surface area contributed by atoms with E-state index in [1.54, 1.807) is 6.07 Å². The quantitative estimate of drug-likeness (QED) is 0.782. The number of ether oxygens (including phenoxy) is 1. The molecule has 0 saturated carbocycles. The van der Waals surface area contributed by atoms with Gasteiger partial charge in [0.05, 0.1) is 13.2 Å². The number of aromatic nitrogens is 1. The molecule has 6 nitrogen and oxygen atoms in total. The molecule has 0 spiro atoms. The van der Waals surface area contributed by atoms with Gasteiger partial charge in [-0.05, 0) is 18.2 Å². The molecular weight excluding hydrogens is 330 g/mol. The Bertz CT molecular complexity index is 886. The fraction of sp³-hybridized carbons (Fsp3) is 0.200. The summed E-state index contributed by atoms with van der Waals surface area (Å²) in [6.45, 7) is 3.14. The molecule has 6 heteroatoms. The second kappa shape index (κ2) is 7.41. The zero-order chi connectivity index (χ0) is 17.8. The number of carbonyl (C=O) groups is 1. The largest absolute Gasteiger partial charge is 0.378 e. The van der Waals surface area contributed by atoms with Crippen LogP contribution >= 0.6 is 0 Å². The molecule has 1 fully saturated rings. The van der Waals surface area contributed by atoms with Gasteiger partial charge in [0.1, 0.15) is 0 Å². The van der Waals surface area contributed by atoms with Gasteiger partial charge in [-0.1, -0.05) is 41.6 Å². The lowest BCUT2D eigenvalue weighted by atomic mass is 10.1. The fourth-order valence-corrected chi connectivity index (χ4v) is 2.92. The van der Waals surface area contributed by atoms with E-state index in [-0.39, 0.29) is 11.6 Å². The van der Waals surface area contributed by atoms with Crippen LogP contribution in [0.2, 0.25) is 0 Å². The molecule has 1 N–H and O–H groups in total. The third-order valence-electron chi connectivity index (χ3n) is 4.28. The van der Waals surface area contributed by atoms with Gasteiger partial charge in [0.15, 0.2) is 11.5 Å². The van der Waals surface area contributed by atoms with Crippen molar-refractivity contribution in [2.75, 3.05) is 36.5 Å². The topological polar surface area (TPSA) is 67.6 Å². The van der Waals surface area contributed by atoms with Crippen molar-refractivity contribution in [3.63, 3.8) is 0 Å². The predicted molar refractivity (Wildman–Crippen MR) is 99.4 cm³/mol. The average Bonchev–Trinajstić information content (AvgIpc) is 3.20. The number of anilines is 2. The summed E-state index contributed by atoms with van der Waals surface area (Å²) in [5.74, 6) is 0.271. The summed E-state index contributed by atoms with van der Waals surface area (Å²) >= 11 is 0. The minimum absolute atomic E-state index is 0.251. The first-order chi connectivity index (χ1) is 12.8. The zero-order valence-corrected chi connectivity index (χ0v) is 14.2. The van der Waals surface area contributed by atoms with Crippen LogP contribution in [-0.4, -0.2) is 37.4 Å². The number of benzene rings is 2. The minimum Gasteiger partial charge on any atom is -0.378 e. The van der Waals surface area contributed by atoms with Gasteiger partial charge in [-0.2, -0.15) is 0 Å². The van der Waals surface area contributed by atoms with E-state index < -0.39 is 0 Å². The van der Waals surface area contributed by atoms with E-state index in [2.05, 4.69) is 15.4 Å². The van der Waals surface area contributed by atoms with Gasteiger partial charge in [-0.25, -0.2) is 0 Å². The van der Waals surface area contributed by atoms with Gasteiger partial charge in [0, 0.05) is 36.1 Å². The van der Waals surface area contributed by atoms with Crippen LogP contribution in [0.3, 0.4) is 0 Å². The second-order valence-electron chi connectivity index (χ2n) is 6.05. The van der Waals surface area contributed by atoms with Crippen molar-refractivity contribution in [1.82, 2.24) is 5.16 Å². The molecule has 1 aromatic heterocycles. The van der Waals surface area contributed by atoms with Crippen LogP contribution in [0.5, 0.6) is 0 Å². The molecule has 1 saturated heterocycles. The number of amides is 1. The molecule has 2 aromatic carbocycles. The normalized spacial score (nSPS) is 14.2. The molecule has 4 rings (SSSR count). The summed E-state index contributed by atoms with van der Waals surface area (Å²) in [5, 5.41) is 6.77. The maximum absolute atomic E-state index is 12.5. The van der Waals surface area contributed by atoms with Gasteiger partial charge >= 0.3 is 0 Å². The van der Waals surface area contributed by atoms with Crippen molar-refractivity contribution in [2.45, 2.75) is 0 Å². The molecule has 132 valence electrons. The molecule has 0 unspecified atom stereocenters. The Hall–Kier alpha value is -3.12. The van der Waals surface area contributed by atoms with Gasteiger partial charge < -0.3 is 19.5 Å². The van der Waals surface area contributed by atoms with E-state index >= 15 is 0 Å². The smallest absolute Gasteiger partial charge is 0.277 e. The van der Waals surface area contributed by atoms with Crippen molar-refractivity contribution in [1.29, 1.82) is 0 Å². The lowest BCUT2D eigenvalue weighted by Gasteiger charge is -2.29. The Balaban J connectivity index is 1.47. The molecule has 2 heterocycles. The zero-order valence-electron chi connectivity index (χ0n) is 14.2. The first-order valence-electron chi connectivity index (χ1n) is 8.56. The number of carbonyl (C=O) groups excluding carboxylic acids is 1. The van der Waals surface area contributed by atoms with Crippen molar-refractivity contribution in [2.24, 2.45) is 0 Å². The van der Waals surface area contributed by atoms with Crippen molar-refractivity contribution in [3.8, 4) is 11.3 Å². The maximum atomic E-state index is 12.5. The van der Waals surface area contributed by atoms with Gasteiger partial charge in [0.2, 0.25) is 0 Å². The Morgan fingerprint density at radius 2 is 1.81 bits per heavy atom. The summed E-state index contributed by atoms with van der Waals surface area (Å²) in [6.07, 6.45) is 0. The first-order valence-corrected chi connectivity index (χ1v) is 8.56. The minimum atomic E-state index is -0.296. The van der Waals surface area contributed by atoms with Crippen molar-refractivity contribution < 1.29 is 14.1 Å². The predicted octanol–water partition coefficient (Wildman–Crippen LogP) is 3.43. The Morgan fingerprint density at radius 1 is 1.00 bits per heavy atom. The van der Waals surface area contributed by atoms with Crippen LogP contribution < -0.4 is 10.2 Å². The highest BCUT2D eigenvalue weighted by Crippen LogP contribution is 2.23. The molecule has 1 aliphatic rings. The third-order valence-corrected chi connectivity index (χ3v) is 4.28. The summed E-state index contributed by atoms with van der Waals surface area (Å²) in [6, 6.07) is 19.0. The van der Waals surface area contributed by atoms with Crippen LogP contribution in [0.25, 0.3) is 11.3 Å². The van der Waals surface area contributed by atoms with Crippen molar-refractivity contribution in [3.05, 3.63) is 66.4 Å². The van der Waals surface area contributed by atoms with Gasteiger partial charge in [-0.3, -0.25) is 4.79 Å². The number of rotatable bonds is 4. The molecule has 0 atom stereocenters. The lowest BCUT2D eigenvalue weighted by molar-refractivity contribution is 0.101. The third kappa shape index (κ3) is 3.60. The molecule has 26 heavy (non-hydrogen) atoms. The van der Waals surface area contributed by atoms with Crippen LogP contribution in [-0.2, 0) is 4.74 Å². The van der Waals surface area contributed by atoms with Crippen LogP contribution in [0, 0.1) is 0 Å². The maximum Gasteiger partial charge on any atom is 0.277 e. The number of nitrogens with one attached hydrogen (secondary N) is 1. The molecule has 1 aliphatic heterocycles. The highest BCUT2D eigenvalue weighted by Gasteiger charge is 2.15. The second-order valence-corrected chi connectivity index (χ2v) is 6.05. The number of hydrogen-bond donors (Lipinski definition) is 1. The van der Waals surface area contributed by atoms with E-state index in [1.165, 1.54) is 0 Å². The van der Waals surface area contributed by atoms with Crippen molar-refractivity contribution >= 4 is 17.3 Å². The highest BCUT2D eigenvalue weighted by atomic mass is 16.5. The van der Waals surface area contributed by atoms with Crippen LogP contribution in [0.1, 0.15) is 10.5 Å². The average molecular weight is 349 g/mol. The summed E-state index contributed by atoms with van der Waals surface area (Å²) in [4.78, 5) is 14.7. The highest BCUT2D eigenvalue weighted by molar-refractivity contribution is 6.03. The van der Waals surface area contributed by atoms with E-state index in [4.69, 9.17) is 9.26 Å². The van der Waals surface area contributed by atoms with Crippen LogP contribution in [0.15, 0.2) is 65.2 Å². The number of hydrogen-bond acceptors (Lipinski definition) is 5. The molecule has 0 aliphatic carbocycles. The monoisotopic (exact) mass is 349 g/mol. The van der Waals surface area contributed by atoms with E-state index in [1.807, 2.05) is 54.6 Å². The van der Waals surface area contributed by atoms with Crippen LogP contribution in [0.4, 0.5) is 11.4 Å². The summed E-state index contributed by atoms with van der Waals surface area (Å²) in [5.41, 5.74) is 2.92.